The molecular weight excluding hydrogens is 182 g/mol. The van der Waals surface area contributed by atoms with Gasteiger partial charge in [-0.1, -0.05) is 6.58 Å². The number of anilines is 1. The van der Waals surface area contributed by atoms with Crippen LogP contribution < -0.4 is 5.32 Å². The monoisotopic (exact) mass is 193 g/mol. The Balaban J connectivity index is 2.69. The summed E-state index contributed by atoms with van der Waals surface area (Å²) in [4.78, 5) is 12.1. The molecule has 0 aliphatic heterocycles. The van der Waals surface area contributed by atoms with Gasteiger partial charge in [-0.05, 0) is 36.6 Å². The highest BCUT2D eigenvalue weighted by Crippen LogP contribution is 2.17. The lowest BCUT2D eigenvalue weighted by atomic mass is 10.3. The van der Waals surface area contributed by atoms with Crippen LogP contribution in [0.5, 0.6) is 0 Å². The molecular formula is C10H11NOS. The first-order valence-electron chi connectivity index (χ1n) is 3.83. The van der Waals surface area contributed by atoms with Crippen molar-refractivity contribution in [2.24, 2.45) is 0 Å². The van der Waals surface area contributed by atoms with E-state index in [4.69, 9.17) is 0 Å². The summed E-state index contributed by atoms with van der Waals surface area (Å²) >= 11 is 1.67. The predicted octanol–water partition coefficient (Wildman–Crippen LogP) is 2.53. The molecule has 0 spiro atoms. The molecule has 3 heteroatoms. The van der Waals surface area contributed by atoms with Crippen LogP contribution in [0, 0.1) is 0 Å². The molecule has 0 aromatic heterocycles. The number of carbonyl (C=O) groups is 1. The van der Waals surface area contributed by atoms with E-state index >= 15 is 0 Å². The van der Waals surface area contributed by atoms with Crippen molar-refractivity contribution < 1.29 is 4.79 Å². The van der Waals surface area contributed by atoms with Gasteiger partial charge in [-0.15, -0.1) is 11.8 Å². The molecule has 1 N–H and O–H groups in total. The summed E-state index contributed by atoms with van der Waals surface area (Å²) in [5.41, 5.74) is 0.794. The molecule has 1 aromatic carbocycles. The SMILES string of the molecule is C=CC(=O)Nc1ccc(SC)cc1. The molecule has 2 nitrogen and oxygen atoms in total. The number of hydrogen-bond acceptors (Lipinski definition) is 2. The Morgan fingerprint density at radius 1 is 1.46 bits per heavy atom. The summed E-state index contributed by atoms with van der Waals surface area (Å²) in [5.74, 6) is -0.183. The van der Waals surface area contributed by atoms with Gasteiger partial charge >= 0.3 is 0 Å². The first-order valence-corrected chi connectivity index (χ1v) is 5.06. The summed E-state index contributed by atoms with van der Waals surface area (Å²) in [5, 5.41) is 2.68. The van der Waals surface area contributed by atoms with Gasteiger partial charge in [0.15, 0.2) is 0 Å². The molecule has 0 heterocycles. The number of hydrogen-bond donors (Lipinski definition) is 1. The van der Waals surface area contributed by atoms with Crippen LogP contribution in [0.25, 0.3) is 0 Å². The Morgan fingerprint density at radius 2 is 2.08 bits per heavy atom. The Bertz CT molecular complexity index is 305. The van der Waals surface area contributed by atoms with Crippen molar-refractivity contribution >= 4 is 23.4 Å². The number of benzene rings is 1. The molecule has 0 aliphatic rings. The fraction of sp³-hybridized carbons (Fsp3) is 0.100. The minimum absolute atomic E-state index is 0.183. The van der Waals surface area contributed by atoms with E-state index in [1.807, 2.05) is 30.5 Å². The average Bonchev–Trinajstić information content (AvgIpc) is 2.19. The summed E-state index contributed by atoms with van der Waals surface area (Å²) in [6.45, 7) is 3.37. The number of carbonyl (C=O) groups excluding carboxylic acids is 1. The quantitative estimate of drug-likeness (QED) is 0.590. The van der Waals surface area contributed by atoms with Gasteiger partial charge < -0.3 is 5.32 Å². The minimum atomic E-state index is -0.183. The van der Waals surface area contributed by atoms with E-state index in [0.717, 1.165) is 5.69 Å². The molecule has 0 fully saturated rings. The van der Waals surface area contributed by atoms with E-state index in [2.05, 4.69) is 11.9 Å². The summed E-state index contributed by atoms with van der Waals surface area (Å²) < 4.78 is 0. The topological polar surface area (TPSA) is 29.1 Å². The van der Waals surface area contributed by atoms with Crippen LogP contribution >= 0.6 is 11.8 Å². The molecule has 0 bridgehead atoms. The van der Waals surface area contributed by atoms with E-state index < -0.39 is 0 Å². The maximum atomic E-state index is 10.9. The zero-order valence-electron chi connectivity index (χ0n) is 7.41. The van der Waals surface area contributed by atoms with E-state index in [9.17, 15) is 4.79 Å². The fourth-order valence-electron chi connectivity index (χ4n) is 0.868. The second-order valence-corrected chi connectivity index (χ2v) is 3.30. The summed E-state index contributed by atoms with van der Waals surface area (Å²) in [6, 6.07) is 7.66. The van der Waals surface area contributed by atoms with Crippen molar-refractivity contribution in [1.29, 1.82) is 0 Å². The van der Waals surface area contributed by atoms with Crippen LogP contribution in [0.15, 0.2) is 41.8 Å². The highest BCUT2D eigenvalue weighted by atomic mass is 32.2. The molecule has 0 unspecified atom stereocenters. The largest absolute Gasteiger partial charge is 0.323 e. The third-order valence-corrected chi connectivity index (χ3v) is 2.29. The smallest absolute Gasteiger partial charge is 0.247 e. The second-order valence-electron chi connectivity index (χ2n) is 2.42. The second kappa shape index (κ2) is 4.72. The zero-order chi connectivity index (χ0) is 9.68. The van der Waals surface area contributed by atoms with Gasteiger partial charge in [0.05, 0.1) is 0 Å². The van der Waals surface area contributed by atoms with Crippen LogP contribution in [-0.2, 0) is 4.79 Å². The van der Waals surface area contributed by atoms with Crippen LogP contribution in [0.1, 0.15) is 0 Å². The van der Waals surface area contributed by atoms with Crippen LogP contribution in [0.4, 0.5) is 5.69 Å². The Hall–Kier alpha value is -1.22. The number of nitrogens with one attached hydrogen (secondary N) is 1. The lowest BCUT2D eigenvalue weighted by Gasteiger charge is -2.02. The van der Waals surface area contributed by atoms with Gasteiger partial charge in [0.25, 0.3) is 0 Å². The normalized spacial score (nSPS) is 9.31. The molecule has 0 saturated carbocycles. The molecule has 0 atom stereocenters. The Morgan fingerprint density at radius 3 is 2.54 bits per heavy atom. The van der Waals surface area contributed by atoms with Crippen molar-refractivity contribution in [2.75, 3.05) is 11.6 Å². The average molecular weight is 193 g/mol. The maximum absolute atomic E-state index is 10.9. The maximum Gasteiger partial charge on any atom is 0.247 e. The molecule has 0 aliphatic carbocycles. The van der Waals surface area contributed by atoms with E-state index in [0.29, 0.717) is 0 Å². The molecule has 1 amide bonds. The van der Waals surface area contributed by atoms with Crippen molar-refractivity contribution in [1.82, 2.24) is 0 Å². The first kappa shape index (κ1) is 9.86. The van der Waals surface area contributed by atoms with Crippen molar-refractivity contribution in [3.63, 3.8) is 0 Å². The molecule has 1 rings (SSSR count). The highest BCUT2D eigenvalue weighted by Gasteiger charge is 1.95. The van der Waals surface area contributed by atoms with Crippen LogP contribution in [0.2, 0.25) is 0 Å². The highest BCUT2D eigenvalue weighted by molar-refractivity contribution is 7.98. The lowest BCUT2D eigenvalue weighted by Crippen LogP contribution is -2.06. The van der Waals surface area contributed by atoms with E-state index in [-0.39, 0.29) is 5.91 Å². The fourth-order valence-corrected chi connectivity index (χ4v) is 1.28. The van der Waals surface area contributed by atoms with Crippen LogP contribution in [0.3, 0.4) is 0 Å². The van der Waals surface area contributed by atoms with E-state index in [1.165, 1.54) is 11.0 Å². The third kappa shape index (κ3) is 2.95. The first-order chi connectivity index (χ1) is 6.26. The summed E-state index contributed by atoms with van der Waals surface area (Å²) in [7, 11) is 0. The van der Waals surface area contributed by atoms with Crippen molar-refractivity contribution in [2.45, 2.75) is 4.90 Å². The molecule has 1 aromatic rings. The Kier molecular flexibility index (Phi) is 3.58. The minimum Gasteiger partial charge on any atom is -0.323 e. The van der Waals surface area contributed by atoms with Crippen LogP contribution in [-0.4, -0.2) is 12.2 Å². The van der Waals surface area contributed by atoms with Gasteiger partial charge in [-0.3, -0.25) is 4.79 Å². The van der Waals surface area contributed by atoms with Crippen molar-refractivity contribution in [3.05, 3.63) is 36.9 Å². The van der Waals surface area contributed by atoms with Gasteiger partial charge in [-0.2, -0.15) is 0 Å². The molecule has 13 heavy (non-hydrogen) atoms. The Labute approximate surface area is 82.0 Å². The van der Waals surface area contributed by atoms with Gasteiger partial charge in [-0.25, -0.2) is 0 Å². The lowest BCUT2D eigenvalue weighted by molar-refractivity contribution is -0.111. The molecule has 0 radical (unpaired) electrons. The van der Waals surface area contributed by atoms with Gasteiger partial charge in [0.1, 0.15) is 0 Å². The number of rotatable bonds is 3. The number of thioether (sulfide) groups is 1. The van der Waals surface area contributed by atoms with Gasteiger partial charge in [0, 0.05) is 10.6 Å². The van der Waals surface area contributed by atoms with E-state index in [1.54, 1.807) is 11.8 Å². The molecule has 68 valence electrons. The van der Waals surface area contributed by atoms with Crippen molar-refractivity contribution in [3.8, 4) is 0 Å². The molecule has 0 saturated heterocycles. The third-order valence-electron chi connectivity index (χ3n) is 1.54. The standard InChI is InChI=1S/C10H11NOS/c1-3-10(12)11-8-4-6-9(13-2)7-5-8/h3-7H,1H2,2H3,(H,11,12). The van der Waals surface area contributed by atoms with Gasteiger partial charge in [0.2, 0.25) is 5.91 Å². The predicted molar refractivity (Wildman–Crippen MR) is 57.0 cm³/mol. The summed E-state index contributed by atoms with van der Waals surface area (Å²) in [6.07, 6.45) is 3.26. The number of amides is 1. The zero-order valence-corrected chi connectivity index (χ0v) is 8.23.